The first-order chi connectivity index (χ1) is 11.8. The maximum Gasteiger partial charge on any atom is 0.125 e. The molecule has 0 radical (unpaired) electrons. The van der Waals surface area contributed by atoms with Crippen molar-refractivity contribution >= 4 is 5.69 Å². The molecule has 1 aliphatic rings. The van der Waals surface area contributed by atoms with Crippen molar-refractivity contribution in [1.82, 2.24) is 0 Å². The second-order valence-corrected chi connectivity index (χ2v) is 6.17. The Bertz CT molecular complexity index is 711. The number of nitriles is 1. The summed E-state index contributed by atoms with van der Waals surface area (Å²) in [6.07, 6.45) is 4.24. The Morgan fingerprint density at radius 1 is 1.12 bits per heavy atom. The summed E-state index contributed by atoms with van der Waals surface area (Å²) in [4.78, 5) is 0. The fraction of sp³-hybridized carbons (Fsp3) is 0.350. The molecule has 124 valence electrons. The molecule has 3 nitrogen and oxygen atoms in total. The Hall–Kier alpha value is -2.38. The highest BCUT2D eigenvalue weighted by Gasteiger charge is 2.26. The van der Waals surface area contributed by atoms with E-state index in [1.807, 2.05) is 30.3 Å². The first kappa shape index (κ1) is 16.5. The normalized spacial score (nSPS) is 20.3. The van der Waals surface area contributed by atoms with Crippen LogP contribution in [0.15, 0.2) is 48.5 Å². The van der Waals surface area contributed by atoms with Crippen LogP contribution in [0.1, 0.15) is 36.8 Å². The van der Waals surface area contributed by atoms with Gasteiger partial charge in [0, 0.05) is 0 Å². The molecule has 0 unspecified atom stereocenters. The fourth-order valence-electron chi connectivity index (χ4n) is 3.17. The molecule has 1 N–H and O–H groups in total. The smallest absolute Gasteiger partial charge is 0.125 e. The van der Waals surface area contributed by atoms with Crippen LogP contribution >= 0.6 is 0 Å². The summed E-state index contributed by atoms with van der Waals surface area (Å²) < 4.78 is 19.6. The van der Waals surface area contributed by atoms with E-state index in [-0.39, 0.29) is 18.0 Å². The second kappa shape index (κ2) is 7.94. The summed E-state index contributed by atoms with van der Waals surface area (Å²) in [5.74, 6) is -0.339. The van der Waals surface area contributed by atoms with Crippen LogP contribution in [0.4, 0.5) is 10.1 Å². The van der Waals surface area contributed by atoms with Crippen LogP contribution in [0, 0.1) is 17.1 Å². The lowest BCUT2D eigenvalue weighted by Gasteiger charge is -2.33. The van der Waals surface area contributed by atoms with E-state index in [9.17, 15) is 9.65 Å². The van der Waals surface area contributed by atoms with Gasteiger partial charge in [0.1, 0.15) is 11.9 Å². The van der Waals surface area contributed by atoms with Crippen molar-refractivity contribution in [2.24, 2.45) is 0 Å². The second-order valence-electron chi connectivity index (χ2n) is 6.17. The first-order valence-electron chi connectivity index (χ1n) is 8.38. The fourth-order valence-corrected chi connectivity index (χ4v) is 3.17. The number of hydrogen-bond acceptors (Lipinski definition) is 3. The number of halogens is 1. The third-order valence-corrected chi connectivity index (χ3v) is 4.45. The molecule has 2 atom stereocenters. The van der Waals surface area contributed by atoms with Crippen molar-refractivity contribution in [1.29, 1.82) is 5.26 Å². The molecule has 1 aliphatic carbocycles. The van der Waals surface area contributed by atoms with Gasteiger partial charge in [-0.1, -0.05) is 43.2 Å². The molecule has 0 aliphatic heterocycles. The maximum atomic E-state index is 13.5. The lowest BCUT2D eigenvalue weighted by Crippen LogP contribution is -2.38. The van der Waals surface area contributed by atoms with Crippen LogP contribution in [0.2, 0.25) is 0 Å². The molecule has 3 rings (SSSR count). The highest BCUT2D eigenvalue weighted by molar-refractivity contribution is 5.58. The van der Waals surface area contributed by atoms with E-state index < -0.39 is 0 Å². The predicted octanol–water partition coefficient (Wildman–Crippen LogP) is 4.64. The minimum Gasteiger partial charge on any atom is -0.379 e. The molecule has 0 aromatic heterocycles. The van der Waals surface area contributed by atoms with E-state index in [2.05, 4.69) is 11.4 Å². The minimum absolute atomic E-state index is 0.0637. The molecule has 0 heterocycles. The van der Waals surface area contributed by atoms with Crippen LogP contribution in [-0.2, 0) is 11.3 Å². The monoisotopic (exact) mass is 324 g/mol. The third-order valence-electron chi connectivity index (χ3n) is 4.45. The van der Waals surface area contributed by atoms with Crippen LogP contribution < -0.4 is 5.32 Å². The summed E-state index contributed by atoms with van der Waals surface area (Å²) >= 11 is 0. The number of ether oxygens (including phenoxy) is 1. The van der Waals surface area contributed by atoms with Gasteiger partial charge in [-0.05, 0) is 36.6 Å². The Kier molecular flexibility index (Phi) is 5.45. The van der Waals surface area contributed by atoms with E-state index in [0.717, 1.165) is 31.2 Å². The topological polar surface area (TPSA) is 45.0 Å². The summed E-state index contributed by atoms with van der Waals surface area (Å²) in [5.41, 5.74) is 2.16. The van der Waals surface area contributed by atoms with Gasteiger partial charge in [-0.15, -0.1) is 0 Å². The van der Waals surface area contributed by atoms with Gasteiger partial charge >= 0.3 is 0 Å². The molecular formula is C20H21FN2O. The van der Waals surface area contributed by atoms with E-state index in [0.29, 0.717) is 17.9 Å². The summed E-state index contributed by atoms with van der Waals surface area (Å²) in [6, 6.07) is 16.5. The van der Waals surface area contributed by atoms with Crippen LogP contribution in [-0.4, -0.2) is 12.1 Å². The molecule has 0 amide bonds. The molecule has 0 bridgehead atoms. The van der Waals surface area contributed by atoms with Crippen molar-refractivity contribution in [3.05, 3.63) is 65.5 Å². The van der Waals surface area contributed by atoms with Gasteiger partial charge in [-0.2, -0.15) is 5.26 Å². The van der Waals surface area contributed by atoms with Crippen molar-refractivity contribution in [2.75, 3.05) is 5.32 Å². The summed E-state index contributed by atoms with van der Waals surface area (Å²) in [5, 5.41) is 12.6. The van der Waals surface area contributed by atoms with Gasteiger partial charge in [0.05, 0.1) is 30.0 Å². The molecule has 1 saturated carbocycles. The van der Waals surface area contributed by atoms with Gasteiger partial charge in [0.15, 0.2) is 0 Å². The van der Waals surface area contributed by atoms with Crippen molar-refractivity contribution in [3.63, 3.8) is 0 Å². The van der Waals surface area contributed by atoms with E-state index in [1.165, 1.54) is 18.2 Å². The Labute approximate surface area is 142 Å². The van der Waals surface area contributed by atoms with Gasteiger partial charge in [0.25, 0.3) is 0 Å². The molecular weight excluding hydrogens is 303 g/mol. The predicted molar refractivity (Wildman–Crippen MR) is 92.0 cm³/mol. The van der Waals surface area contributed by atoms with Crippen molar-refractivity contribution < 1.29 is 9.13 Å². The highest BCUT2D eigenvalue weighted by atomic mass is 19.1. The molecule has 0 saturated heterocycles. The van der Waals surface area contributed by atoms with Crippen LogP contribution in [0.5, 0.6) is 0 Å². The zero-order valence-electron chi connectivity index (χ0n) is 13.5. The zero-order valence-corrected chi connectivity index (χ0v) is 13.5. The number of hydrogen-bond donors (Lipinski definition) is 1. The summed E-state index contributed by atoms with van der Waals surface area (Å²) in [7, 11) is 0. The van der Waals surface area contributed by atoms with Gasteiger partial charge in [-0.25, -0.2) is 4.39 Å². The molecule has 4 heteroatoms. The standard InChI is InChI=1S/C20H21FN2O/c21-17-11-10-16(13-22)19(12-17)23-18-8-4-5-9-20(18)24-14-15-6-2-1-3-7-15/h1-3,6-7,10-12,18,20,23H,4-5,8-9,14H2/t18-,20-/m1/s1. The molecule has 2 aromatic carbocycles. The average Bonchev–Trinajstić information content (AvgIpc) is 2.62. The van der Waals surface area contributed by atoms with Crippen LogP contribution in [0.3, 0.4) is 0 Å². The Morgan fingerprint density at radius 2 is 1.92 bits per heavy atom. The lowest BCUT2D eigenvalue weighted by atomic mass is 9.92. The number of anilines is 1. The number of benzene rings is 2. The number of nitrogens with one attached hydrogen (secondary N) is 1. The molecule has 24 heavy (non-hydrogen) atoms. The van der Waals surface area contributed by atoms with Gasteiger partial charge < -0.3 is 10.1 Å². The van der Waals surface area contributed by atoms with Crippen molar-refractivity contribution in [3.8, 4) is 6.07 Å². The Morgan fingerprint density at radius 3 is 2.71 bits per heavy atom. The quantitative estimate of drug-likeness (QED) is 0.871. The van der Waals surface area contributed by atoms with Gasteiger partial charge in [0.2, 0.25) is 0 Å². The van der Waals surface area contributed by atoms with Gasteiger partial charge in [-0.3, -0.25) is 0 Å². The summed E-state index contributed by atoms with van der Waals surface area (Å²) in [6.45, 7) is 0.567. The largest absolute Gasteiger partial charge is 0.379 e. The highest BCUT2D eigenvalue weighted by Crippen LogP contribution is 2.27. The zero-order chi connectivity index (χ0) is 16.8. The minimum atomic E-state index is -0.339. The molecule has 1 fully saturated rings. The Balaban J connectivity index is 1.68. The molecule has 2 aromatic rings. The third kappa shape index (κ3) is 4.12. The van der Waals surface area contributed by atoms with E-state index in [4.69, 9.17) is 4.74 Å². The van der Waals surface area contributed by atoms with Crippen molar-refractivity contribution in [2.45, 2.75) is 44.4 Å². The molecule has 0 spiro atoms. The number of nitrogens with zero attached hydrogens (tertiary/aromatic N) is 1. The number of rotatable bonds is 5. The van der Waals surface area contributed by atoms with Crippen LogP contribution in [0.25, 0.3) is 0 Å². The van der Waals surface area contributed by atoms with E-state index in [1.54, 1.807) is 0 Å². The lowest BCUT2D eigenvalue weighted by molar-refractivity contribution is 0.00883. The SMILES string of the molecule is N#Cc1ccc(F)cc1N[C@@H]1CCCC[C@H]1OCc1ccccc1. The maximum absolute atomic E-state index is 13.5. The average molecular weight is 324 g/mol. The van der Waals surface area contributed by atoms with E-state index >= 15 is 0 Å². The first-order valence-corrected chi connectivity index (χ1v) is 8.38.